The van der Waals surface area contributed by atoms with E-state index in [1.54, 1.807) is 13.0 Å². The van der Waals surface area contributed by atoms with E-state index in [0.717, 1.165) is 61.1 Å². The Morgan fingerprint density at radius 2 is 0.986 bits per heavy atom. The molecule has 0 N–H and O–H groups in total. The monoisotopic (exact) mass is 899 g/mol. The highest BCUT2D eigenvalue weighted by Gasteiger charge is 2.40. The first kappa shape index (κ1) is 41.1. The van der Waals surface area contributed by atoms with E-state index >= 15 is 13.2 Å². The van der Waals surface area contributed by atoms with Gasteiger partial charge in [-0.3, -0.25) is 0 Å². The summed E-state index contributed by atoms with van der Waals surface area (Å²) < 4.78 is 49.9. The molecule has 0 fully saturated rings. The molecular weight excluding hydrogens is 856 g/mol. The van der Waals surface area contributed by atoms with Crippen LogP contribution in [0.4, 0.5) is 13.2 Å². The highest BCUT2D eigenvalue weighted by atomic mass is 19.4. The van der Waals surface area contributed by atoms with E-state index in [0.29, 0.717) is 27.8 Å². The van der Waals surface area contributed by atoms with Crippen LogP contribution >= 0.6 is 0 Å². The van der Waals surface area contributed by atoms with Gasteiger partial charge < -0.3 is 9.13 Å². The Bertz CT molecular complexity index is 4090. The lowest BCUT2D eigenvalue weighted by Crippen LogP contribution is -2.15. The number of fused-ring (bicyclic) bond motifs is 14. The summed E-state index contributed by atoms with van der Waals surface area (Å²) in [5, 5.41) is 15.7. The predicted octanol–water partition coefficient (Wildman–Crippen LogP) is 17.0. The van der Waals surface area contributed by atoms with Crippen LogP contribution in [0.25, 0.3) is 99.5 Å². The molecule has 11 aromatic rings. The lowest BCUT2D eigenvalue weighted by atomic mass is 9.80. The fourth-order valence-corrected chi connectivity index (χ4v) is 12.7. The normalized spacial score (nSPS) is 14.3. The molecule has 0 unspecified atom stereocenters. The first-order valence-corrected chi connectivity index (χ1v) is 23.5. The maximum absolute atomic E-state index is 15.1. The van der Waals surface area contributed by atoms with Gasteiger partial charge in [0.05, 0.1) is 50.6 Å². The number of alkyl halides is 3. The molecule has 332 valence electrons. The van der Waals surface area contributed by atoms with E-state index in [1.165, 1.54) is 50.6 Å². The summed E-state index contributed by atoms with van der Waals surface area (Å²) >= 11 is 0. The van der Waals surface area contributed by atoms with Crippen molar-refractivity contribution in [1.82, 2.24) is 9.13 Å². The van der Waals surface area contributed by atoms with Gasteiger partial charge >= 0.3 is 6.18 Å². The molecule has 9 aromatic carbocycles. The fraction of sp³-hybridized carbons (Fsp3) is 0.127. The molecular formula is C63H44F3N3. The van der Waals surface area contributed by atoms with Crippen LogP contribution in [0.5, 0.6) is 0 Å². The lowest BCUT2D eigenvalue weighted by Gasteiger charge is -2.23. The SMILES string of the molecule is Cc1cccc(C(F)(F)F)c1-c1ccc(-n2c3ccccc3c3c4c(ccc32)-c2ccccc2C4(C)C)c(-c2c(C#N)cccc2-n2c3ccccc3c3c4c(ccc32)-c2ccccc2C4(C)C)c1. The van der Waals surface area contributed by atoms with Crippen molar-refractivity contribution < 1.29 is 13.2 Å². The average Bonchev–Trinajstić information content (AvgIpc) is 4.02. The second-order valence-corrected chi connectivity index (χ2v) is 19.8. The highest BCUT2D eigenvalue weighted by molar-refractivity contribution is 6.17. The Labute approximate surface area is 398 Å². The van der Waals surface area contributed by atoms with Crippen molar-refractivity contribution in [2.24, 2.45) is 0 Å². The Hall–Kier alpha value is -8.14. The number of nitriles is 1. The van der Waals surface area contributed by atoms with Gasteiger partial charge in [-0.15, -0.1) is 0 Å². The van der Waals surface area contributed by atoms with Gasteiger partial charge in [0, 0.05) is 43.5 Å². The molecule has 69 heavy (non-hydrogen) atoms. The summed E-state index contributed by atoms with van der Waals surface area (Å²) in [6.45, 7) is 10.9. The molecule has 0 bridgehead atoms. The summed E-state index contributed by atoms with van der Waals surface area (Å²) in [7, 11) is 0. The first-order chi connectivity index (χ1) is 33.3. The zero-order valence-corrected chi connectivity index (χ0v) is 38.7. The number of para-hydroxylation sites is 2. The van der Waals surface area contributed by atoms with Crippen LogP contribution in [0, 0.1) is 18.3 Å². The van der Waals surface area contributed by atoms with Crippen molar-refractivity contribution in [3.63, 3.8) is 0 Å². The molecule has 0 radical (unpaired) electrons. The van der Waals surface area contributed by atoms with Gasteiger partial charge in [-0.05, 0) is 123 Å². The van der Waals surface area contributed by atoms with Gasteiger partial charge in [0.15, 0.2) is 0 Å². The van der Waals surface area contributed by atoms with Gasteiger partial charge in [0.25, 0.3) is 0 Å². The quantitative estimate of drug-likeness (QED) is 0.173. The topological polar surface area (TPSA) is 33.6 Å². The van der Waals surface area contributed by atoms with Crippen molar-refractivity contribution in [2.45, 2.75) is 51.6 Å². The Balaban J connectivity index is 1.17. The zero-order chi connectivity index (χ0) is 47.3. The molecule has 0 amide bonds. The molecule has 3 nitrogen and oxygen atoms in total. The minimum atomic E-state index is -4.61. The van der Waals surface area contributed by atoms with Gasteiger partial charge in [0.2, 0.25) is 0 Å². The Kier molecular flexibility index (Phi) is 8.45. The summed E-state index contributed by atoms with van der Waals surface area (Å²) in [6, 6.07) is 61.4. The second-order valence-electron chi connectivity index (χ2n) is 19.8. The third kappa shape index (κ3) is 5.50. The maximum Gasteiger partial charge on any atom is 0.417 e. The van der Waals surface area contributed by atoms with E-state index in [9.17, 15) is 5.26 Å². The van der Waals surface area contributed by atoms with Crippen molar-refractivity contribution >= 4 is 43.6 Å². The first-order valence-electron chi connectivity index (χ1n) is 23.5. The highest BCUT2D eigenvalue weighted by Crippen LogP contribution is 2.56. The summed E-state index contributed by atoms with van der Waals surface area (Å²) in [4.78, 5) is 0. The molecule has 0 saturated carbocycles. The number of hydrogen-bond donors (Lipinski definition) is 0. The molecule has 0 atom stereocenters. The molecule has 2 aromatic heterocycles. The molecule has 13 rings (SSSR count). The Morgan fingerprint density at radius 1 is 0.464 bits per heavy atom. The number of benzene rings is 9. The number of rotatable bonds is 4. The van der Waals surface area contributed by atoms with E-state index in [4.69, 9.17) is 0 Å². The number of hydrogen-bond acceptors (Lipinski definition) is 1. The second kappa shape index (κ2) is 14.2. The van der Waals surface area contributed by atoms with Crippen LogP contribution < -0.4 is 0 Å². The smallest absolute Gasteiger partial charge is 0.309 e. The molecule has 6 heteroatoms. The summed E-state index contributed by atoms with van der Waals surface area (Å²) in [6.07, 6.45) is -4.61. The third-order valence-corrected chi connectivity index (χ3v) is 15.5. The van der Waals surface area contributed by atoms with Crippen LogP contribution in [0.3, 0.4) is 0 Å². The van der Waals surface area contributed by atoms with Crippen LogP contribution in [0.1, 0.15) is 66.6 Å². The minimum absolute atomic E-state index is 0.113. The standard InChI is InChI=1S/C63H44F3N3/c1-36-16-14-24-48(63(64,65)66)55(36)37-28-31-51(68-49-25-12-8-20-43(49)57-53(68)32-29-41-39-18-6-10-22-46(39)61(2,3)59(41)57)45(34-37)56-38(35-67)17-15-27-52(56)69-50-26-13-9-21-44(50)58-54(69)33-30-42-40-19-7-11-23-47(40)62(4,5)60(42)58/h6-34H,1-5H3. The largest absolute Gasteiger partial charge is 0.417 e. The van der Waals surface area contributed by atoms with E-state index in [-0.39, 0.29) is 16.4 Å². The number of halogens is 3. The summed E-state index contributed by atoms with van der Waals surface area (Å²) in [5.74, 6) is 0. The van der Waals surface area contributed by atoms with Crippen LogP contribution in [-0.4, -0.2) is 9.13 Å². The molecule has 2 aliphatic carbocycles. The van der Waals surface area contributed by atoms with Crippen molar-refractivity contribution in [3.8, 4) is 62.0 Å². The lowest BCUT2D eigenvalue weighted by molar-refractivity contribution is -0.137. The van der Waals surface area contributed by atoms with Gasteiger partial charge in [-0.1, -0.05) is 149 Å². The van der Waals surface area contributed by atoms with Crippen LogP contribution in [0.15, 0.2) is 176 Å². The average molecular weight is 900 g/mol. The van der Waals surface area contributed by atoms with E-state index in [2.05, 4.69) is 158 Å². The molecule has 0 aliphatic heterocycles. The van der Waals surface area contributed by atoms with Crippen LogP contribution in [0.2, 0.25) is 0 Å². The molecule has 0 spiro atoms. The Morgan fingerprint density at radius 3 is 1.55 bits per heavy atom. The van der Waals surface area contributed by atoms with Gasteiger partial charge in [-0.2, -0.15) is 18.4 Å². The third-order valence-electron chi connectivity index (χ3n) is 15.5. The van der Waals surface area contributed by atoms with Gasteiger partial charge in [0.1, 0.15) is 0 Å². The molecule has 2 aliphatic rings. The number of nitrogens with zero attached hydrogens (tertiary/aromatic N) is 3. The zero-order valence-electron chi connectivity index (χ0n) is 38.7. The molecule has 0 saturated heterocycles. The van der Waals surface area contributed by atoms with Crippen molar-refractivity contribution in [3.05, 3.63) is 215 Å². The van der Waals surface area contributed by atoms with Crippen molar-refractivity contribution in [1.29, 1.82) is 5.26 Å². The van der Waals surface area contributed by atoms with Gasteiger partial charge in [-0.25, -0.2) is 0 Å². The summed E-state index contributed by atoms with van der Waals surface area (Å²) in [5.41, 5.74) is 16.6. The minimum Gasteiger partial charge on any atom is -0.309 e. The van der Waals surface area contributed by atoms with E-state index in [1.807, 2.05) is 42.5 Å². The number of aryl methyl sites for hydroxylation is 1. The number of aromatic nitrogens is 2. The predicted molar refractivity (Wildman–Crippen MR) is 276 cm³/mol. The molecule has 2 heterocycles. The van der Waals surface area contributed by atoms with Crippen LogP contribution in [-0.2, 0) is 17.0 Å². The van der Waals surface area contributed by atoms with E-state index < -0.39 is 11.7 Å². The maximum atomic E-state index is 15.1. The fourth-order valence-electron chi connectivity index (χ4n) is 12.7. The van der Waals surface area contributed by atoms with Crippen molar-refractivity contribution in [2.75, 3.05) is 0 Å².